The second-order valence-corrected chi connectivity index (χ2v) is 7.06. The van der Waals surface area contributed by atoms with E-state index in [0.717, 1.165) is 77.0 Å². The summed E-state index contributed by atoms with van der Waals surface area (Å²) in [5, 5.41) is 3.41. The van der Waals surface area contributed by atoms with Crippen LogP contribution in [0.2, 0.25) is 0 Å². The quantitative estimate of drug-likeness (QED) is 0.479. The summed E-state index contributed by atoms with van der Waals surface area (Å²) in [5.41, 5.74) is 0.734. The predicted molar refractivity (Wildman–Crippen MR) is 106 cm³/mol. The van der Waals surface area contributed by atoms with Crippen molar-refractivity contribution >= 4 is 11.6 Å². The van der Waals surface area contributed by atoms with Crippen LogP contribution in [0.4, 0.5) is 10.1 Å². The molecule has 2 fully saturated rings. The number of anilines is 1. The van der Waals surface area contributed by atoms with E-state index in [4.69, 9.17) is 4.99 Å². The fraction of sp³-hybridized carbons (Fsp3) is 0.650. The standard InChI is InChI=1S/C20H32FN5/c1-2-22-20(26-12-5-6-13-26)23-10-7-11-24-14-16-25(17-15-24)19-9-4-3-8-18(19)21/h3-4,8-9H,2,5-7,10-17H2,1H3,(H,22,23). The number of guanidine groups is 1. The van der Waals surface area contributed by atoms with E-state index in [2.05, 4.69) is 26.9 Å². The Labute approximate surface area is 156 Å². The van der Waals surface area contributed by atoms with Gasteiger partial charge in [-0.25, -0.2) is 4.39 Å². The van der Waals surface area contributed by atoms with Gasteiger partial charge < -0.3 is 15.1 Å². The molecule has 2 aliphatic heterocycles. The lowest BCUT2D eigenvalue weighted by Gasteiger charge is -2.36. The lowest BCUT2D eigenvalue weighted by Crippen LogP contribution is -2.47. The van der Waals surface area contributed by atoms with Crippen molar-refractivity contribution in [2.45, 2.75) is 26.2 Å². The SMILES string of the molecule is CCNC(=NCCCN1CCN(c2ccccc2F)CC1)N1CCCC1. The van der Waals surface area contributed by atoms with E-state index >= 15 is 0 Å². The smallest absolute Gasteiger partial charge is 0.193 e. The van der Waals surface area contributed by atoms with Crippen molar-refractivity contribution in [2.75, 3.05) is 63.8 Å². The molecule has 1 aromatic rings. The highest BCUT2D eigenvalue weighted by molar-refractivity contribution is 5.80. The first-order valence-electron chi connectivity index (χ1n) is 10.0. The minimum Gasteiger partial charge on any atom is -0.367 e. The topological polar surface area (TPSA) is 34.1 Å². The van der Waals surface area contributed by atoms with Crippen molar-refractivity contribution in [3.05, 3.63) is 30.1 Å². The zero-order chi connectivity index (χ0) is 18.2. The van der Waals surface area contributed by atoms with Crippen LogP contribution in [0.1, 0.15) is 26.2 Å². The van der Waals surface area contributed by atoms with Crippen LogP contribution in [0, 0.1) is 5.82 Å². The molecule has 2 saturated heterocycles. The molecule has 0 aliphatic carbocycles. The summed E-state index contributed by atoms with van der Waals surface area (Å²) in [5.74, 6) is 0.961. The van der Waals surface area contributed by atoms with Gasteiger partial charge in [-0.05, 0) is 38.3 Å². The van der Waals surface area contributed by atoms with Gasteiger partial charge >= 0.3 is 0 Å². The second kappa shape index (κ2) is 9.76. The van der Waals surface area contributed by atoms with E-state index in [1.54, 1.807) is 12.1 Å². The molecule has 0 bridgehead atoms. The van der Waals surface area contributed by atoms with Gasteiger partial charge in [0.2, 0.25) is 0 Å². The Hall–Kier alpha value is -1.82. The van der Waals surface area contributed by atoms with Gasteiger partial charge in [0, 0.05) is 58.9 Å². The first-order chi connectivity index (χ1) is 12.8. The third kappa shape index (κ3) is 5.10. The summed E-state index contributed by atoms with van der Waals surface area (Å²) in [6, 6.07) is 7.08. The molecule has 0 saturated carbocycles. The number of para-hydroxylation sites is 1. The molecule has 0 amide bonds. The Morgan fingerprint density at radius 3 is 2.50 bits per heavy atom. The van der Waals surface area contributed by atoms with E-state index in [1.165, 1.54) is 12.8 Å². The van der Waals surface area contributed by atoms with Gasteiger partial charge in [0.25, 0.3) is 0 Å². The average molecular weight is 362 g/mol. The largest absolute Gasteiger partial charge is 0.367 e. The number of hydrogen-bond donors (Lipinski definition) is 1. The molecule has 5 nitrogen and oxygen atoms in total. The molecule has 144 valence electrons. The summed E-state index contributed by atoms with van der Waals surface area (Å²) >= 11 is 0. The lowest BCUT2D eigenvalue weighted by atomic mass is 10.2. The van der Waals surface area contributed by atoms with Gasteiger partial charge in [0.1, 0.15) is 5.82 Å². The number of benzene rings is 1. The summed E-state index contributed by atoms with van der Waals surface area (Å²) in [4.78, 5) is 11.8. The Balaban J connectivity index is 1.39. The third-order valence-corrected chi connectivity index (χ3v) is 5.20. The molecular formula is C20H32FN5. The Kier molecular flexibility index (Phi) is 7.12. The van der Waals surface area contributed by atoms with Crippen molar-refractivity contribution in [3.8, 4) is 0 Å². The average Bonchev–Trinajstić information content (AvgIpc) is 3.20. The highest BCUT2D eigenvalue weighted by Gasteiger charge is 2.19. The maximum absolute atomic E-state index is 13.9. The van der Waals surface area contributed by atoms with Crippen LogP contribution in [-0.2, 0) is 0 Å². The van der Waals surface area contributed by atoms with Crippen molar-refractivity contribution in [2.24, 2.45) is 4.99 Å². The zero-order valence-corrected chi connectivity index (χ0v) is 16.0. The number of nitrogens with zero attached hydrogens (tertiary/aromatic N) is 4. The second-order valence-electron chi connectivity index (χ2n) is 7.06. The summed E-state index contributed by atoms with van der Waals surface area (Å²) in [6.07, 6.45) is 3.62. The Bertz CT molecular complexity index is 577. The number of hydrogen-bond acceptors (Lipinski definition) is 3. The van der Waals surface area contributed by atoms with Crippen molar-refractivity contribution in [3.63, 3.8) is 0 Å². The molecule has 0 aromatic heterocycles. The van der Waals surface area contributed by atoms with Gasteiger partial charge in [-0.15, -0.1) is 0 Å². The van der Waals surface area contributed by atoms with Crippen LogP contribution in [-0.4, -0.2) is 74.7 Å². The molecule has 1 aromatic carbocycles. The van der Waals surface area contributed by atoms with Crippen LogP contribution in [0.15, 0.2) is 29.3 Å². The molecule has 2 aliphatic rings. The van der Waals surface area contributed by atoms with Gasteiger partial charge in [-0.3, -0.25) is 9.89 Å². The summed E-state index contributed by atoms with van der Waals surface area (Å²) in [7, 11) is 0. The van der Waals surface area contributed by atoms with E-state index < -0.39 is 0 Å². The monoisotopic (exact) mass is 361 g/mol. The molecule has 2 heterocycles. The normalized spacial score (nSPS) is 19.2. The number of halogens is 1. The first-order valence-corrected chi connectivity index (χ1v) is 10.0. The lowest BCUT2D eigenvalue weighted by molar-refractivity contribution is 0.255. The molecule has 3 rings (SSSR count). The van der Waals surface area contributed by atoms with E-state index in [-0.39, 0.29) is 5.82 Å². The Morgan fingerprint density at radius 2 is 1.81 bits per heavy atom. The number of nitrogens with one attached hydrogen (secondary N) is 1. The molecule has 0 atom stereocenters. The predicted octanol–water partition coefficient (Wildman–Crippen LogP) is 2.40. The molecule has 6 heteroatoms. The van der Waals surface area contributed by atoms with E-state index in [0.29, 0.717) is 0 Å². The van der Waals surface area contributed by atoms with Gasteiger partial charge in [-0.1, -0.05) is 12.1 Å². The fourth-order valence-electron chi connectivity index (χ4n) is 3.75. The number of likely N-dealkylation sites (tertiary alicyclic amines) is 1. The minimum atomic E-state index is -0.117. The maximum atomic E-state index is 13.9. The molecule has 26 heavy (non-hydrogen) atoms. The zero-order valence-electron chi connectivity index (χ0n) is 16.0. The van der Waals surface area contributed by atoms with Crippen molar-refractivity contribution < 1.29 is 4.39 Å². The summed E-state index contributed by atoms with van der Waals surface area (Å²) in [6.45, 7) is 11.0. The van der Waals surface area contributed by atoms with Crippen molar-refractivity contribution in [1.29, 1.82) is 0 Å². The number of aliphatic imine (C=N–C) groups is 1. The summed E-state index contributed by atoms with van der Waals surface area (Å²) < 4.78 is 13.9. The molecule has 1 N–H and O–H groups in total. The van der Waals surface area contributed by atoms with Gasteiger partial charge in [-0.2, -0.15) is 0 Å². The van der Waals surface area contributed by atoms with Crippen molar-refractivity contribution in [1.82, 2.24) is 15.1 Å². The van der Waals surface area contributed by atoms with E-state index in [1.807, 2.05) is 12.1 Å². The highest BCUT2D eigenvalue weighted by Crippen LogP contribution is 2.20. The first kappa shape index (κ1) is 19.0. The number of piperazine rings is 1. The van der Waals surface area contributed by atoms with Crippen LogP contribution >= 0.6 is 0 Å². The van der Waals surface area contributed by atoms with Gasteiger partial charge in [0.05, 0.1) is 5.69 Å². The van der Waals surface area contributed by atoms with Crippen LogP contribution in [0.25, 0.3) is 0 Å². The Morgan fingerprint density at radius 1 is 1.08 bits per heavy atom. The van der Waals surface area contributed by atoms with E-state index in [9.17, 15) is 4.39 Å². The van der Waals surface area contributed by atoms with Gasteiger partial charge in [0.15, 0.2) is 5.96 Å². The third-order valence-electron chi connectivity index (χ3n) is 5.20. The van der Waals surface area contributed by atoms with Crippen LogP contribution in [0.5, 0.6) is 0 Å². The maximum Gasteiger partial charge on any atom is 0.193 e. The molecule has 0 radical (unpaired) electrons. The van der Waals surface area contributed by atoms with Crippen LogP contribution in [0.3, 0.4) is 0 Å². The molecule has 0 spiro atoms. The number of rotatable bonds is 6. The highest BCUT2D eigenvalue weighted by atomic mass is 19.1. The van der Waals surface area contributed by atoms with Crippen LogP contribution < -0.4 is 10.2 Å². The molecule has 0 unspecified atom stereocenters. The minimum absolute atomic E-state index is 0.117. The molecular weight excluding hydrogens is 329 g/mol. The fourth-order valence-corrected chi connectivity index (χ4v) is 3.75.